The van der Waals surface area contributed by atoms with Crippen molar-refractivity contribution >= 4 is 5.91 Å². The summed E-state index contributed by atoms with van der Waals surface area (Å²) in [6.07, 6.45) is 3.58. The van der Waals surface area contributed by atoms with Gasteiger partial charge in [-0.1, -0.05) is 32.9 Å². The van der Waals surface area contributed by atoms with Crippen LogP contribution in [0.4, 0.5) is 0 Å². The van der Waals surface area contributed by atoms with E-state index in [1.807, 2.05) is 12.1 Å². The molecule has 0 aromatic heterocycles. The van der Waals surface area contributed by atoms with E-state index in [9.17, 15) is 4.79 Å². The van der Waals surface area contributed by atoms with Crippen LogP contribution in [-0.4, -0.2) is 37.0 Å². The number of hydrogen-bond acceptors (Lipinski definition) is 2. The second-order valence-electron chi connectivity index (χ2n) is 7.15. The maximum atomic E-state index is 12.1. The molecule has 0 spiro atoms. The van der Waals surface area contributed by atoms with Crippen LogP contribution in [-0.2, 0) is 5.41 Å². The van der Waals surface area contributed by atoms with Crippen molar-refractivity contribution in [3.8, 4) is 0 Å². The molecule has 1 saturated heterocycles. The SMILES string of the molecule is CN1CCCC1CCNC(=O)c1ccc(C(C)(C)C)cc1. The first kappa shape index (κ1) is 16.0. The van der Waals surface area contributed by atoms with Crippen LogP contribution in [0.3, 0.4) is 0 Å². The predicted molar refractivity (Wildman–Crippen MR) is 87.7 cm³/mol. The number of nitrogens with one attached hydrogen (secondary N) is 1. The Labute approximate surface area is 128 Å². The molecule has 21 heavy (non-hydrogen) atoms. The molecule has 1 aliphatic heterocycles. The maximum absolute atomic E-state index is 12.1. The Hall–Kier alpha value is -1.35. The molecule has 1 aromatic rings. The number of carbonyl (C=O) groups excluding carboxylic acids is 1. The zero-order valence-electron chi connectivity index (χ0n) is 13.8. The first-order chi connectivity index (χ1) is 9.88. The fourth-order valence-corrected chi connectivity index (χ4v) is 2.92. The fraction of sp³-hybridized carbons (Fsp3) is 0.611. The molecule has 1 fully saturated rings. The van der Waals surface area contributed by atoms with Gasteiger partial charge in [-0.3, -0.25) is 4.79 Å². The standard InChI is InChI=1S/C18H28N2O/c1-18(2,3)15-9-7-14(8-10-15)17(21)19-12-11-16-6-5-13-20(16)4/h7-10,16H,5-6,11-13H2,1-4H3,(H,19,21). The van der Waals surface area contributed by atoms with E-state index < -0.39 is 0 Å². The second kappa shape index (κ2) is 6.61. The van der Waals surface area contributed by atoms with Crippen molar-refractivity contribution in [2.45, 2.75) is 51.5 Å². The molecule has 0 bridgehead atoms. The minimum Gasteiger partial charge on any atom is -0.352 e. The van der Waals surface area contributed by atoms with Crippen molar-refractivity contribution < 1.29 is 4.79 Å². The number of likely N-dealkylation sites (tertiary alicyclic amines) is 1. The summed E-state index contributed by atoms with van der Waals surface area (Å²) < 4.78 is 0. The van der Waals surface area contributed by atoms with Gasteiger partial charge in [-0.25, -0.2) is 0 Å². The lowest BCUT2D eigenvalue weighted by atomic mass is 9.87. The topological polar surface area (TPSA) is 32.3 Å². The van der Waals surface area contributed by atoms with Gasteiger partial charge >= 0.3 is 0 Å². The van der Waals surface area contributed by atoms with Crippen LogP contribution >= 0.6 is 0 Å². The maximum Gasteiger partial charge on any atom is 0.251 e. The van der Waals surface area contributed by atoms with Crippen LogP contribution in [0.1, 0.15) is 56.0 Å². The van der Waals surface area contributed by atoms with Gasteiger partial charge < -0.3 is 10.2 Å². The third kappa shape index (κ3) is 4.31. The summed E-state index contributed by atoms with van der Waals surface area (Å²) in [6, 6.07) is 8.60. The van der Waals surface area contributed by atoms with Gasteiger partial charge in [0, 0.05) is 18.2 Å². The van der Waals surface area contributed by atoms with Crippen molar-refractivity contribution in [2.75, 3.05) is 20.1 Å². The molecule has 1 unspecified atom stereocenters. The van der Waals surface area contributed by atoms with Crippen molar-refractivity contribution in [2.24, 2.45) is 0 Å². The summed E-state index contributed by atoms with van der Waals surface area (Å²) in [4.78, 5) is 14.5. The highest BCUT2D eigenvalue weighted by atomic mass is 16.1. The third-order valence-corrected chi connectivity index (χ3v) is 4.45. The summed E-state index contributed by atoms with van der Waals surface area (Å²) in [6.45, 7) is 8.49. The molecule has 1 N–H and O–H groups in total. The summed E-state index contributed by atoms with van der Waals surface area (Å²) in [5.41, 5.74) is 2.14. The van der Waals surface area contributed by atoms with Gasteiger partial charge in [-0.05, 0) is 56.0 Å². The van der Waals surface area contributed by atoms with E-state index in [1.54, 1.807) is 0 Å². The Morgan fingerprint density at radius 2 is 1.95 bits per heavy atom. The molecule has 3 heteroatoms. The first-order valence-electron chi connectivity index (χ1n) is 7.97. The molecule has 1 atom stereocenters. The van der Waals surface area contributed by atoms with Crippen LogP contribution in [0, 0.1) is 0 Å². The first-order valence-corrected chi connectivity index (χ1v) is 7.97. The number of rotatable bonds is 4. The quantitative estimate of drug-likeness (QED) is 0.923. The molecule has 1 amide bonds. The molecule has 3 nitrogen and oxygen atoms in total. The van der Waals surface area contributed by atoms with E-state index in [1.165, 1.54) is 24.9 Å². The molecular weight excluding hydrogens is 260 g/mol. The summed E-state index contributed by atoms with van der Waals surface area (Å²) >= 11 is 0. The minimum absolute atomic E-state index is 0.0381. The highest BCUT2D eigenvalue weighted by molar-refractivity contribution is 5.94. The predicted octanol–water partition coefficient (Wildman–Crippen LogP) is 3.20. The highest BCUT2D eigenvalue weighted by Gasteiger charge is 2.20. The van der Waals surface area contributed by atoms with Gasteiger partial charge in [0.15, 0.2) is 0 Å². The summed E-state index contributed by atoms with van der Waals surface area (Å²) in [5.74, 6) is 0.0381. The van der Waals surface area contributed by atoms with Crippen LogP contribution < -0.4 is 5.32 Å². The Kier molecular flexibility index (Phi) is 5.04. The number of carbonyl (C=O) groups is 1. The largest absolute Gasteiger partial charge is 0.352 e. The lowest BCUT2D eigenvalue weighted by Crippen LogP contribution is -2.31. The fourth-order valence-electron chi connectivity index (χ4n) is 2.92. The normalized spacial score (nSPS) is 19.7. The molecular formula is C18H28N2O. The number of amides is 1. The Bertz CT molecular complexity index is 473. The van der Waals surface area contributed by atoms with E-state index in [0.29, 0.717) is 6.04 Å². The monoisotopic (exact) mass is 288 g/mol. The molecule has 1 aromatic carbocycles. The van der Waals surface area contributed by atoms with Crippen molar-refractivity contribution in [1.82, 2.24) is 10.2 Å². The molecule has 0 saturated carbocycles. The van der Waals surface area contributed by atoms with Crippen molar-refractivity contribution in [1.29, 1.82) is 0 Å². The summed E-state index contributed by atoms with van der Waals surface area (Å²) in [5, 5.41) is 3.04. The van der Waals surface area contributed by atoms with Gasteiger partial charge in [0.2, 0.25) is 0 Å². The van der Waals surface area contributed by atoms with Crippen molar-refractivity contribution in [3.05, 3.63) is 35.4 Å². The molecule has 116 valence electrons. The molecule has 0 aliphatic carbocycles. The number of benzene rings is 1. The van der Waals surface area contributed by atoms with Crippen molar-refractivity contribution in [3.63, 3.8) is 0 Å². The number of hydrogen-bond donors (Lipinski definition) is 1. The van der Waals surface area contributed by atoms with Crippen LogP contribution in [0.2, 0.25) is 0 Å². The van der Waals surface area contributed by atoms with Gasteiger partial charge in [-0.2, -0.15) is 0 Å². The third-order valence-electron chi connectivity index (χ3n) is 4.45. The van der Waals surface area contributed by atoms with Gasteiger partial charge in [0.25, 0.3) is 5.91 Å². The van der Waals surface area contributed by atoms with Crippen LogP contribution in [0.15, 0.2) is 24.3 Å². The van der Waals surface area contributed by atoms with Gasteiger partial charge in [0.1, 0.15) is 0 Å². The van der Waals surface area contributed by atoms with Gasteiger partial charge in [0.05, 0.1) is 0 Å². The Balaban J connectivity index is 1.83. The van der Waals surface area contributed by atoms with E-state index >= 15 is 0 Å². The minimum atomic E-state index is 0.0381. The molecule has 1 aliphatic rings. The van der Waals surface area contributed by atoms with Crippen LogP contribution in [0.25, 0.3) is 0 Å². The van der Waals surface area contributed by atoms with Crippen LogP contribution in [0.5, 0.6) is 0 Å². The number of nitrogens with zero attached hydrogens (tertiary/aromatic N) is 1. The Morgan fingerprint density at radius 3 is 2.48 bits per heavy atom. The van der Waals surface area contributed by atoms with E-state index in [0.717, 1.165) is 18.5 Å². The molecule has 1 heterocycles. The Morgan fingerprint density at radius 1 is 1.29 bits per heavy atom. The van der Waals surface area contributed by atoms with E-state index in [2.05, 4.69) is 50.2 Å². The molecule has 0 radical (unpaired) electrons. The highest BCUT2D eigenvalue weighted by Crippen LogP contribution is 2.22. The average molecular weight is 288 g/mol. The van der Waals surface area contributed by atoms with E-state index in [4.69, 9.17) is 0 Å². The zero-order valence-corrected chi connectivity index (χ0v) is 13.8. The average Bonchev–Trinajstić information content (AvgIpc) is 2.83. The lowest BCUT2D eigenvalue weighted by Gasteiger charge is -2.20. The summed E-state index contributed by atoms with van der Waals surface area (Å²) in [7, 11) is 2.17. The molecule has 2 rings (SSSR count). The smallest absolute Gasteiger partial charge is 0.251 e. The lowest BCUT2D eigenvalue weighted by molar-refractivity contribution is 0.0950. The van der Waals surface area contributed by atoms with Gasteiger partial charge in [-0.15, -0.1) is 0 Å². The second-order valence-corrected chi connectivity index (χ2v) is 7.15. The van der Waals surface area contributed by atoms with E-state index in [-0.39, 0.29) is 11.3 Å². The zero-order chi connectivity index (χ0) is 15.5.